The van der Waals surface area contributed by atoms with Crippen LogP contribution in [0.3, 0.4) is 0 Å². The molecule has 2 aliphatic rings. The number of alkyl halides is 2. The van der Waals surface area contributed by atoms with Gasteiger partial charge in [0.2, 0.25) is 17.8 Å². The van der Waals surface area contributed by atoms with Crippen molar-refractivity contribution >= 4 is 34.7 Å². The number of nitrogens with two attached hydrogens (primary N) is 1. The number of halogens is 5. The van der Waals surface area contributed by atoms with E-state index in [1.54, 1.807) is 4.57 Å². The maximum absolute atomic E-state index is 14.4. The molecule has 5 rings (SSSR count). The minimum absolute atomic E-state index is 0.00699. The number of primary amides is 1. The SMILES string of the molecule is NC(=O)[C@H]1CC[C@H](n2c(Nc3c(F)ccc(F)c3F)nc3cnc(NC4CC(F)(F)C4)nc32)CC1. The van der Waals surface area contributed by atoms with Crippen molar-refractivity contribution in [3.63, 3.8) is 0 Å². The quantitative estimate of drug-likeness (QED) is 0.345. The van der Waals surface area contributed by atoms with E-state index in [0.29, 0.717) is 37.4 Å². The van der Waals surface area contributed by atoms with Crippen molar-refractivity contribution in [2.24, 2.45) is 11.7 Å². The Bertz CT molecular complexity index is 1280. The normalized spacial score (nSPS) is 22.1. The summed E-state index contributed by atoms with van der Waals surface area (Å²) in [5.74, 6) is -6.94. The van der Waals surface area contributed by atoms with Crippen LogP contribution in [0.4, 0.5) is 39.5 Å². The van der Waals surface area contributed by atoms with Crippen LogP contribution in [0.15, 0.2) is 18.3 Å². The molecule has 2 aromatic heterocycles. The second kappa shape index (κ2) is 8.61. The number of aromatic nitrogens is 4. The van der Waals surface area contributed by atoms with Crippen LogP contribution in [0.5, 0.6) is 0 Å². The lowest BCUT2D eigenvalue weighted by Gasteiger charge is -2.35. The summed E-state index contributed by atoms with van der Waals surface area (Å²) in [5, 5.41) is 5.42. The zero-order chi connectivity index (χ0) is 24.9. The summed E-state index contributed by atoms with van der Waals surface area (Å²) < 4.78 is 70.5. The van der Waals surface area contributed by atoms with Crippen molar-refractivity contribution in [3.8, 4) is 0 Å². The molecule has 0 aliphatic heterocycles. The first kappa shape index (κ1) is 23.2. The second-order valence-electron chi connectivity index (χ2n) is 9.06. The molecule has 2 aliphatic carbocycles. The Kier molecular flexibility index (Phi) is 5.72. The lowest BCUT2D eigenvalue weighted by Crippen LogP contribution is -2.44. The van der Waals surface area contributed by atoms with E-state index in [1.807, 2.05) is 0 Å². The lowest BCUT2D eigenvalue weighted by atomic mass is 9.85. The van der Waals surface area contributed by atoms with Crippen molar-refractivity contribution in [2.75, 3.05) is 10.6 Å². The van der Waals surface area contributed by atoms with Gasteiger partial charge in [-0.2, -0.15) is 4.98 Å². The third-order valence-electron chi connectivity index (χ3n) is 6.60. The fourth-order valence-corrected chi connectivity index (χ4v) is 4.71. The van der Waals surface area contributed by atoms with Gasteiger partial charge in [-0.25, -0.2) is 31.9 Å². The molecular weight excluding hydrogens is 473 g/mol. The third kappa shape index (κ3) is 4.46. The Morgan fingerprint density at radius 1 is 1.06 bits per heavy atom. The molecule has 1 amide bonds. The van der Waals surface area contributed by atoms with Gasteiger partial charge in [-0.15, -0.1) is 0 Å². The minimum atomic E-state index is -2.72. The van der Waals surface area contributed by atoms with Gasteiger partial charge in [-0.3, -0.25) is 9.36 Å². The average Bonchev–Trinajstić information content (AvgIpc) is 3.15. The molecule has 35 heavy (non-hydrogen) atoms. The van der Waals surface area contributed by atoms with E-state index in [2.05, 4.69) is 25.6 Å². The van der Waals surface area contributed by atoms with Gasteiger partial charge in [-0.1, -0.05) is 0 Å². The zero-order valence-electron chi connectivity index (χ0n) is 18.4. The number of hydrogen-bond acceptors (Lipinski definition) is 6. The molecular formula is C22H22F5N7O. The van der Waals surface area contributed by atoms with Crippen molar-refractivity contribution < 1.29 is 26.7 Å². The Labute approximate surface area is 196 Å². The predicted octanol–water partition coefficient (Wildman–Crippen LogP) is 4.41. The highest BCUT2D eigenvalue weighted by molar-refractivity contribution is 5.78. The number of nitrogens with zero attached hydrogens (tertiary/aromatic N) is 4. The molecule has 13 heteroatoms. The highest BCUT2D eigenvalue weighted by Crippen LogP contribution is 2.40. The van der Waals surface area contributed by atoms with Crippen LogP contribution >= 0.6 is 0 Å². The Morgan fingerprint density at radius 3 is 2.40 bits per heavy atom. The standard InChI is InChI=1S/C22H22F5N7O/c23-13-5-6-14(24)17(16(13)25)32-21-31-15-9-29-20(30-11-7-22(26,27)8-11)33-19(15)34(21)12-3-1-10(2-4-12)18(28)35/h5-6,9-12H,1-4,7-8H2,(H2,28,35)(H,31,32)(H,29,30,33)/t10-,12-. The van der Waals surface area contributed by atoms with Crippen LogP contribution in [-0.2, 0) is 4.79 Å². The molecule has 0 radical (unpaired) electrons. The van der Waals surface area contributed by atoms with Gasteiger partial charge in [0.05, 0.1) is 6.20 Å². The van der Waals surface area contributed by atoms with Gasteiger partial charge in [-0.05, 0) is 37.8 Å². The summed E-state index contributed by atoms with van der Waals surface area (Å²) in [6, 6.07) is 0.714. The van der Waals surface area contributed by atoms with Crippen molar-refractivity contribution in [2.45, 2.75) is 56.5 Å². The van der Waals surface area contributed by atoms with E-state index in [-0.39, 0.29) is 42.2 Å². The molecule has 0 bridgehead atoms. The average molecular weight is 495 g/mol. The van der Waals surface area contributed by atoms with Gasteiger partial charge in [0, 0.05) is 30.8 Å². The number of hydrogen-bond donors (Lipinski definition) is 3. The van der Waals surface area contributed by atoms with Gasteiger partial charge >= 0.3 is 0 Å². The molecule has 2 fully saturated rings. The van der Waals surface area contributed by atoms with E-state index in [0.717, 1.165) is 6.07 Å². The van der Waals surface area contributed by atoms with Crippen LogP contribution in [0.2, 0.25) is 0 Å². The predicted molar refractivity (Wildman–Crippen MR) is 117 cm³/mol. The van der Waals surface area contributed by atoms with E-state index >= 15 is 0 Å². The zero-order valence-corrected chi connectivity index (χ0v) is 18.4. The number of carbonyl (C=O) groups is 1. The fourth-order valence-electron chi connectivity index (χ4n) is 4.71. The second-order valence-corrected chi connectivity index (χ2v) is 9.06. The van der Waals surface area contributed by atoms with E-state index < -0.39 is 41.0 Å². The first-order valence-electron chi connectivity index (χ1n) is 11.2. The van der Waals surface area contributed by atoms with Gasteiger partial charge in [0.15, 0.2) is 17.3 Å². The number of rotatable bonds is 6. The van der Waals surface area contributed by atoms with Crippen LogP contribution in [-0.4, -0.2) is 37.4 Å². The molecule has 2 heterocycles. The third-order valence-corrected chi connectivity index (χ3v) is 6.60. The molecule has 8 nitrogen and oxygen atoms in total. The first-order valence-corrected chi connectivity index (χ1v) is 11.2. The first-order chi connectivity index (χ1) is 16.6. The number of carbonyl (C=O) groups excluding carboxylic acids is 1. The largest absolute Gasteiger partial charge is 0.369 e. The van der Waals surface area contributed by atoms with Gasteiger partial charge < -0.3 is 16.4 Å². The lowest BCUT2D eigenvalue weighted by molar-refractivity contribution is -0.122. The summed E-state index contributed by atoms with van der Waals surface area (Å²) in [4.78, 5) is 24.5. The fraction of sp³-hybridized carbons (Fsp3) is 0.455. The van der Waals surface area contributed by atoms with Crippen LogP contribution in [0, 0.1) is 23.4 Å². The molecule has 186 valence electrons. The van der Waals surface area contributed by atoms with Crippen LogP contribution < -0.4 is 16.4 Å². The van der Waals surface area contributed by atoms with Crippen molar-refractivity contribution in [1.29, 1.82) is 0 Å². The maximum atomic E-state index is 14.4. The molecule has 3 aromatic rings. The summed E-state index contributed by atoms with van der Waals surface area (Å²) in [6.45, 7) is 0. The molecule has 0 atom stereocenters. The Hall–Kier alpha value is -3.51. The molecule has 0 spiro atoms. The Morgan fingerprint density at radius 2 is 1.74 bits per heavy atom. The molecule has 2 saturated carbocycles. The minimum Gasteiger partial charge on any atom is -0.369 e. The summed E-state index contributed by atoms with van der Waals surface area (Å²) in [6.07, 6.45) is 2.69. The van der Waals surface area contributed by atoms with Crippen LogP contribution in [0.1, 0.15) is 44.6 Å². The number of imidazole rings is 1. The van der Waals surface area contributed by atoms with Crippen LogP contribution in [0.25, 0.3) is 11.2 Å². The summed E-state index contributed by atoms with van der Waals surface area (Å²) in [7, 11) is 0. The summed E-state index contributed by atoms with van der Waals surface area (Å²) in [5.41, 5.74) is 5.31. The number of benzene rings is 1. The van der Waals surface area contributed by atoms with E-state index in [1.165, 1.54) is 6.20 Å². The van der Waals surface area contributed by atoms with E-state index in [4.69, 9.17) is 5.73 Å². The molecule has 1 aromatic carbocycles. The molecule has 0 saturated heterocycles. The topological polar surface area (TPSA) is 111 Å². The van der Waals surface area contributed by atoms with E-state index in [9.17, 15) is 26.7 Å². The van der Waals surface area contributed by atoms with Gasteiger partial charge in [0.1, 0.15) is 17.0 Å². The van der Waals surface area contributed by atoms with Gasteiger partial charge in [0.25, 0.3) is 5.92 Å². The highest BCUT2D eigenvalue weighted by atomic mass is 19.3. The maximum Gasteiger partial charge on any atom is 0.252 e. The number of amides is 1. The number of anilines is 3. The number of fused-ring (bicyclic) bond motifs is 1. The molecule has 4 N–H and O–H groups in total. The summed E-state index contributed by atoms with van der Waals surface area (Å²) >= 11 is 0. The monoisotopic (exact) mass is 495 g/mol. The van der Waals surface area contributed by atoms with Crippen molar-refractivity contribution in [3.05, 3.63) is 35.8 Å². The van der Waals surface area contributed by atoms with Crippen molar-refractivity contribution in [1.82, 2.24) is 19.5 Å². The highest BCUT2D eigenvalue weighted by Gasteiger charge is 2.45. The Balaban J connectivity index is 1.52. The smallest absolute Gasteiger partial charge is 0.252 e. The molecule has 0 unspecified atom stereocenters. The number of nitrogens with one attached hydrogen (secondary N) is 2.